The van der Waals surface area contributed by atoms with Crippen LogP contribution in [0.25, 0.3) is 0 Å². The second-order valence-electron chi connectivity index (χ2n) is 5.58. The van der Waals surface area contributed by atoms with Gasteiger partial charge in [-0.15, -0.1) is 0 Å². The van der Waals surface area contributed by atoms with Crippen LogP contribution >= 0.6 is 0 Å². The molecule has 1 heterocycles. The summed E-state index contributed by atoms with van der Waals surface area (Å²) >= 11 is 0. The molecule has 1 unspecified atom stereocenters. The lowest BCUT2D eigenvalue weighted by atomic mass is 10.1. The lowest BCUT2D eigenvalue weighted by Gasteiger charge is -2.15. The zero-order chi connectivity index (χ0) is 17.2. The average molecular weight is 329 g/mol. The summed E-state index contributed by atoms with van der Waals surface area (Å²) in [6.45, 7) is 4.29. The lowest BCUT2D eigenvalue weighted by Crippen LogP contribution is -2.38. The van der Waals surface area contributed by atoms with Crippen molar-refractivity contribution >= 4 is 5.96 Å². The van der Waals surface area contributed by atoms with Gasteiger partial charge in [0.15, 0.2) is 5.96 Å². The summed E-state index contributed by atoms with van der Waals surface area (Å²) in [4.78, 5) is 4.22. The minimum atomic E-state index is 0.119. The Kier molecular flexibility index (Phi) is 7.29. The quantitative estimate of drug-likeness (QED) is 0.443. The summed E-state index contributed by atoms with van der Waals surface area (Å²) in [5, 5.41) is 10.7. The van der Waals surface area contributed by atoms with Crippen LogP contribution in [0.15, 0.2) is 47.6 Å². The van der Waals surface area contributed by atoms with Gasteiger partial charge in [-0.25, -0.2) is 0 Å². The van der Waals surface area contributed by atoms with E-state index in [2.05, 4.69) is 39.8 Å². The number of rotatable bonds is 8. The number of nitrogens with one attached hydrogen (secondary N) is 2. The number of guanidine groups is 1. The lowest BCUT2D eigenvalue weighted by molar-refractivity contribution is 0.0646. The number of aliphatic imine (C=N–C) groups is 1. The Hall–Kier alpha value is -2.34. The molecule has 2 aromatic rings. The molecule has 0 saturated carbocycles. The molecule has 0 radical (unpaired) electrons. The van der Waals surface area contributed by atoms with Crippen LogP contribution in [0.5, 0.6) is 0 Å². The molecule has 0 bridgehead atoms. The zero-order valence-corrected chi connectivity index (χ0v) is 14.7. The predicted molar refractivity (Wildman–Crippen MR) is 96.8 cm³/mol. The standard InChI is InChI=1S/C18H27N5O/c1-15(16-8-5-4-6-9-16)24-13-7-11-20-18(19-2)21-14-17-10-12-22-23(17)3/h4-6,8-10,12,15H,7,11,13-14H2,1-3H3,(H2,19,20,21). The van der Waals surface area contributed by atoms with Crippen LogP contribution in [0, 0.1) is 0 Å². The molecule has 0 aliphatic rings. The highest BCUT2D eigenvalue weighted by Crippen LogP contribution is 2.15. The summed E-state index contributed by atoms with van der Waals surface area (Å²) in [6.07, 6.45) is 2.83. The van der Waals surface area contributed by atoms with E-state index >= 15 is 0 Å². The monoisotopic (exact) mass is 329 g/mol. The van der Waals surface area contributed by atoms with Crippen LogP contribution < -0.4 is 10.6 Å². The van der Waals surface area contributed by atoms with Gasteiger partial charge in [-0.3, -0.25) is 9.67 Å². The van der Waals surface area contributed by atoms with E-state index in [4.69, 9.17) is 4.74 Å². The first-order valence-electron chi connectivity index (χ1n) is 8.28. The fourth-order valence-corrected chi connectivity index (χ4v) is 2.33. The Morgan fingerprint density at radius 3 is 2.71 bits per heavy atom. The third kappa shape index (κ3) is 5.70. The second kappa shape index (κ2) is 9.72. The maximum Gasteiger partial charge on any atom is 0.191 e. The van der Waals surface area contributed by atoms with Crippen molar-refractivity contribution in [3.8, 4) is 0 Å². The van der Waals surface area contributed by atoms with Gasteiger partial charge in [0.05, 0.1) is 18.3 Å². The molecule has 0 amide bonds. The molecule has 1 aromatic heterocycles. The van der Waals surface area contributed by atoms with Crippen molar-refractivity contribution in [1.29, 1.82) is 0 Å². The fraction of sp³-hybridized carbons (Fsp3) is 0.444. The van der Waals surface area contributed by atoms with Gasteiger partial charge < -0.3 is 15.4 Å². The van der Waals surface area contributed by atoms with Crippen molar-refractivity contribution in [2.75, 3.05) is 20.2 Å². The van der Waals surface area contributed by atoms with Crippen molar-refractivity contribution in [2.45, 2.75) is 26.0 Å². The van der Waals surface area contributed by atoms with E-state index in [1.165, 1.54) is 5.56 Å². The highest BCUT2D eigenvalue weighted by atomic mass is 16.5. The van der Waals surface area contributed by atoms with E-state index in [1.54, 1.807) is 13.2 Å². The topological polar surface area (TPSA) is 63.5 Å². The molecule has 0 saturated heterocycles. The number of hydrogen-bond acceptors (Lipinski definition) is 3. The van der Waals surface area contributed by atoms with Gasteiger partial charge in [0.2, 0.25) is 0 Å². The normalized spacial score (nSPS) is 12.9. The number of ether oxygens (including phenoxy) is 1. The van der Waals surface area contributed by atoms with E-state index in [-0.39, 0.29) is 6.10 Å². The number of hydrogen-bond donors (Lipinski definition) is 2. The van der Waals surface area contributed by atoms with Crippen molar-refractivity contribution in [1.82, 2.24) is 20.4 Å². The summed E-state index contributed by atoms with van der Waals surface area (Å²) in [6, 6.07) is 12.3. The molecular weight excluding hydrogens is 302 g/mol. The molecular formula is C18H27N5O. The smallest absolute Gasteiger partial charge is 0.191 e. The minimum absolute atomic E-state index is 0.119. The molecule has 1 atom stereocenters. The van der Waals surface area contributed by atoms with Crippen molar-refractivity contribution in [2.24, 2.45) is 12.0 Å². The maximum atomic E-state index is 5.87. The summed E-state index contributed by atoms with van der Waals surface area (Å²) < 4.78 is 7.71. The molecule has 0 spiro atoms. The van der Waals surface area contributed by atoms with Gasteiger partial charge in [-0.05, 0) is 25.0 Å². The van der Waals surface area contributed by atoms with Crippen LogP contribution in [0.2, 0.25) is 0 Å². The molecule has 0 aliphatic heterocycles. The summed E-state index contributed by atoms with van der Waals surface area (Å²) in [5.41, 5.74) is 2.32. The van der Waals surface area contributed by atoms with E-state index in [1.807, 2.05) is 36.0 Å². The summed E-state index contributed by atoms with van der Waals surface area (Å²) in [7, 11) is 3.70. The highest BCUT2D eigenvalue weighted by Gasteiger charge is 2.05. The van der Waals surface area contributed by atoms with Gasteiger partial charge in [0.25, 0.3) is 0 Å². The first-order valence-corrected chi connectivity index (χ1v) is 8.28. The fourth-order valence-electron chi connectivity index (χ4n) is 2.33. The van der Waals surface area contributed by atoms with Gasteiger partial charge >= 0.3 is 0 Å². The number of aromatic nitrogens is 2. The van der Waals surface area contributed by atoms with E-state index in [0.29, 0.717) is 13.2 Å². The molecule has 0 aliphatic carbocycles. The first kappa shape index (κ1) is 18.0. The van der Waals surface area contributed by atoms with Crippen LogP contribution in [0.1, 0.15) is 30.7 Å². The Balaban J connectivity index is 1.61. The van der Waals surface area contributed by atoms with Crippen molar-refractivity contribution in [3.05, 3.63) is 53.9 Å². The molecule has 0 fully saturated rings. The third-order valence-electron chi connectivity index (χ3n) is 3.83. The summed E-state index contributed by atoms with van der Waals surface area (Å²) in [5.74, 6) is 0.785. The third-order valence-corrected chi connectivity index (χ3v) is 3.83. The van der Waals surface area contributed by atoms with E-state index < -0.39 is 0 Å². The van der Waals surface area contributed by atoms with E-state index in [9.17, 15) is 0 Å². The molecule has 24 heavy (non-hydrogen) atoms. The SMILES string of the molecule is CN=C(NCCCOC(C)c1ccccc1)NCc1ccnn1C. The van der Waals surface area contributed by atoms with Gasteiger partial charge in [-0.2, -0.15) is 5.10 Å². The molecule has 6 nitrogen and oxygen atoms in total. The molecule has 2 rings (SSSR count). The number of nitrogens with zero attached hydrogens (tertiary/aromatic N) is 3. The van der Waals surface area contributed by atoms with Gasteiger partial charge in [0.1, 0.15) is 0 Å². The second-order valence-corrected chi connectivity index (χ2v) is 5.58. The molecule has 6 heteroatoms. The average Bonchev–Trinajstić information content (AvgIpc) is 3.03. The van der Waals surface area contributed by atoms with Crippen molar-refractivity contribution in [3.63, 3.8) is 0 Å². The Labute approximate surface area is 143 Å². The minimum Gasteiger partial charge on any atom is -0.374 e. The molecule has 1 aromatic carbocycles. The number of benzene rings is 1. The van der Waals surface area contributed by atoms with Crippen LogP contribution in [-0.4, -0.2) is 35.9 Å². The molecule has 130 valence electrons. The zero-order valence-electron chi connectivity index (χ0n) is 14.7. The maximum absolute atomic E-state index is 5.87. The van der Waals surface area contributed by atoms with Gasteiger partial charge in [-0.1, -0.05) is 30.3 Å². The highest BCUT2D eigenvalue weighted by molar-refractivity contribution is 5.79. The van der Waals surface area contributed by atoms with Gasteiger partial charge in [0, 0.05) is 33.4 Å². The van der Waals surface area contributed by atoms with E-state index in [0.717, 1.165) is 24.6 Å². The van der Waals surface area contributed by atoms with Crippen LogP contribution in [0.3, 0.4) is 0 Å². The molecule has 2 N–H and O–H groups in total. The first-order chi connectivity index (χ1) is 11.7. The van der Waals surface area contributed by atoms with Crippen molar-refractivity contribution < 1.29 is 4.74 Å². The predicted octanol–water partition coefficient (Wildman–Crippen LogP) is 2.25. The Bertz CT molecular complexity index is 623. The van der Waals surface area contributed by atoms with Crippen LogP contribution in [-0.2, 0) is 18.3 Å². The van der Waals surface area contributed by atoms with Crippen LogP contribution in [0.4, 0.5) is 0 Å². The Morgan fingerprint density at radius 2 is 2.04 bits per heavy atom. The Morgan fingerprint density at radius 1 is 1.25 bits per heavy atom. The largest absolute Gasteiger partial charge is 0.374 e. The number of aryl methyl sites for hydroxylation is 1.